The SMILES string of the molecule is Cc1nn(C)c(Cl)c1CNC1CC(=O)N(C)C1=O. The summed E-state index contributed by atoms with van der Waals surface area (Å²) in [6.45, 7) is 2.28. The van der Waals surface area contributed by atoms with Gasteiger partial charge >= 0.3 is 0 Å². The summed E-state index contributed by atoms with van der Waals surface area (Å²) in [6, 6.07) is -0.460. The van der Waals surface area contributed by atoms with Gasteiger partial charge in [-0.1, -0.05) is 11.6 Å². The lowest BCUT2D eigenvalue weighted by atomic mass is 10.2. The minimum Gasteiger partial charge on any atom is -0.301 e. The van der Waals surface area contributed by atoms with E-state index in [9.17, 15) is 9.59 Å². The molecule has 0 aliphatic carbocycles. The summed E-state index contributed by atoms with van der Waals surface area (Å²) >= 11 is 6.09. The van der Waals surface area contributed by atoms with Crippen LogP contribution in [0.15, 0.2) is 0 Å². The van der Waals surface area contributed by atoms with Gasteiger partial charge in [-0.3, -0.25) is 19.2 Å². The van der Waals surface area contributed by atoms with Gasteiger partial charge in [0.25, 0.3) is 0 Å². The summed E-state index contributed by atoms with van der Waals surface area (Å²) in [5.41, 5.74) is 1.68. The van der Waals surface area contributed by atoms with E-state index in [2.05, 4.69) is 10.4 Å². The summed E-state index contributed by atoms with van der Waals surface area (Å²) in [4.78, 5) is 24.2. The molecule has 98 valence electrons. The van der Waals surface area contributed by atoms with E-state index in [-0.39, 0.29) is 18.2 Å². The third-order valence-corrected chi connectivity index (χ3v) is 3.65. The van der Waals surface area contributed by atoms with Crippen molar-refractivity contribution >= 4 is 23.4 Å². The summed E-state index contributed by atoms with van der Waals surface area (Å²) in [6.07, 6.45) is 0.201. The first-order chi connectivity index (χ1) is 8.41. The van der Waals surface area contributed by atoms with Crippen LogP contribution in [0.1, 0.15) is 17.7 Å². The molecule has 7 heteroatoms. The van der Waals surface area contributed by atoms with E-state index in [0.717, 1.165) is 16.2 Å². The van der Waals surface area contributed by atoms with E-state index in [4.69, 9.17) is 11.6 Å². The number of aryl methyl sites for hydroxylation is 2. The number of likely N-dealkylation sites (tertiary alicyclic amines) is 1. The summed E-state index contributed by atoms with van der Waals surface area (Å²) in [5, 5.41) is 7.79. The van der Waals surface area contributed by atoms with Crippen LogP contribution in [0, 0.1) is 6.92 Å². The van der Waals surface area contributed by atoms with E-state index in [1.54, 1.807) is 11.7 Å². The lowest BCUT2D eigenvalue weighted by Gasteiger charge is -2.10. The Morgan fingerprint density at radius 3 is 2.56 bits per heavy atom. The molecule has 0 radical (unpaired) electrons. The molecule has 0 aromatic carbocycles. The van der Waals surface area contributed by atoms with Crippen LogP contribution >= 0.6 is 11.6 Å². The quantitative estimate of drug-likeness (QED) is 0.799. The maximum absolute atomic E-state index is 11.7. The van der Waals surface area contributed by atoms with Crippen molar-refractivity contribution in [3.63, 3.8) is 0 Å². The topological polar surface area (TPSA) is 67.2 Å². The van der Waals surface area contributed by atoms with Gasteiger partial charge in [-0.15, -0.1) is 0 Å². The number of rotatable bonds is 3. The molecule has 1 N–H and O–H groups in total. The molecule has 2 rings (SSSR count). The second-order valence-corrected chi connectivity index (χ2v) is 4.76. The predicted octanol–water partition coefficient (Wildman–Crippen LogP) is 0.229. The highest BCUT2D eigenvalue weighted by Gasteiger charge is 2.35. The van der Waals surface area contributed by atoms with Crippen LogP contribution in [0.5, 0.6) is 0 Å². The van der Waals surface area contributed by atoms with Crippen molar-refractivity contribution < 1.29 is 9.59 Å². The smallest absolute Gasteiger partial charge is 0.246 e. The molecular formula is C11H15ClN4O2. The second kappa shape index (κ2) is 4.70. The van der Waals surface area contributed by atoms with Gasteiger partial charge in [0.2, 0.25) is 11.8 Å². The number of halogens is 1. The van der Waals surface area contributed by atoms with Gasteiger partial charge in [0, 0.05) is 26.2 Å². The number of carbonyl (C=O) groups excluding carboxylic acids is 2. The van der Waals surface area contributed by atoms with Crippen molar-refractivity contribution in [3.05, 3.63) is 16.4 Å². The summed E-state index contributed by atoms with van der Waals surface area (Å²) in [7, 11) is 3.26. The first-order valence-electron chi connectivity index (χ1n) is 5.63. The van der Waals surface area contributed by atoms with Crippen molar-refractivity contribution in [3.8, 4) is 0 Å². The Hall–Kier alpha value is -1.40. The zero-order valence-electron chi connectivity index (χ0n) is 10.5. The molecule has 0 saturated carbocycles. The second-order valence-electron chi connectivity index (χ2n) is 4.41. The average Bonchev–Trinajstić information content (AvgIpc) is 2.70. The number of nitrogens with one attached hydrogen (secondary N) is 1. The zero-order valence-corrected chi connectivity index (χ0v) is 11.3. The molecule has 18 heavy (non-hydrogen) atoms. The molecule has 0 spiro atoms. The highest BCUT2D eigenvalue weighted by Crippen LogP contribution is 2.19. The van der Waals surface area contributed by atoms with E-state index < -0.39 is 6.04 Å². The molecule has 0 bridgehead atoms. The van der Waals surface area contributed by atoms with Gasteiger partial charge in [0.1, 0.15) is 5.15 Å². The van der Waals surface area contributed by atoms with Gasteiger partial charge in [0.05, 0.1) is 18.2 Å². The minimum atomic E-state index is -0.460. The molecule has 1 aliphatic rings. The Balaban J connectivity index is 2.05. The van der Waals surface area contributed by atoms with Crippen LogP contribution in [-0.2, 0) is 23.2 Å². The molecule has 1 atom stereocenters. The number of imide groups is 1. The van der Waals surface area contributed by atoms with Crippen LogP contribution in [0.25, 0.3) is 0 Å². The predicted molar refractivity (Wildman–Crippen MR) is 66.0 cm³/mol. The highest BCUT2D eigenvalue weighted by atomic mass is 35.5. The number of amides is 2. The van der Waals surface area contributed by atoms with Crippen molar-refractivity contribution in [2.24, 2.45) is 7.05 Å². The third-order valence-electron chi connectivity index (χ3n) is 3.18. The lowest BCUT2D eigenvalue weighted by molar-refractivity contribution is -0.137. The van der Waals surface area contributed by atoms with Crippen molar-refractivity contribution in [2.75, 3.05) is 7.05 Å². The summed E-state index contributed by atoms with van der Waals surface area (Å²) < 4.78 is 1.58. The Bertz CT molecular complexity index is 511. The molecule has 1 aromatic rings. The van der Waals surface area contributed by atoms with Crippen molar-refractivity contribution in [1.29, 1.82) is 0 Å². The van der Waals surface area contributed by atoms with Gasteiger partial charge < -0.3 is 5.32 Å². The first-order valence-corrected chi connectivity index (χ1v) is 6.01. The standard InChI is InChI=1S/C11H15ClN4O2/c1-6-7(10(12)16(3)14-6)5-13-8-4-9(17)15(2)11(8)18/h8,13H,4-5H2,1-3H3. The molecule has 2 amide bonds. The van der Waals surface area contributed by atoms with Crippen LogP contribution in [-0.4, -0.2) is 39.6 Å². The van der Waals surface area contributed by atoms with Gasteiger partial charge in [-0.2, -0.15) is 5.10 Å². The number of aromatic nitrogens is 2. The monoisotopic (exact) mass is 270 g/mol. The average molecular weight is 271 g/mol. The third kappa shape index (κ3) is 2.13. The maximum Gasteiger partial charge on any atom is 0.246 e. The van der Waals surface area contributed by atoms with E-state index >= 15 is 0 Å². The highest BCUT2D eigenvalue weighted by molar-refractivity contribution is 6.30. The van der Waals surface area contributed by atoms with Crippen molar-refractivity contribution in [2.45, 2.75) is 25.9 Å². The summed E-state index contributed by atoms with van der Waals surface area (Å²) in [5.74, 6) is -0.357. The molecule has 2 heterocycles. The van der Waals surface area contributed by atoms with Gasteiger partial charge in [-0.05, 0) is 6.92 Å². The lowest BCUT2D eigenvalue weighted by Crippen LogP contribution is -2.36. The Morgan fingerprint density at radius 2 is 2.11 bits per heavy atom. The number of likely N-dealkylation sites (N-methyl/N-ethyl adjacent to an activating group) is 1. The molecule has 1 aromatic heterocycles. The fraction of sp³-hybridized carbons (Fsp3) is 0.545. The van der Waals surface area contributed by atoms with Crippen LogP contribution in [0.3, 0.4) is 0 Å². The number of carbonyl (C=O) groups is 2. The van der Waals surface area contributed by atoms with Crippen molar-refractivity contribution in [1.82, 2.24) is 20.0 Å². The molecular weight excluding hydrogens is 256 g/mol. The molecule has 1 saturated heterocycles. The number of hydrogen-bond acceptors (Lipinski definition) is 4. The largest absolute Gasteiger partial charge is 0.301 e. The zero-order chi connectivity index (χ0) is 13.4. The fourth-order valence-corrected chi connectivity index (χ4v) is 2.26. The normalized spacial score (nSPS) is 20.0. The Morgan fingerprint density at radius 1 is 1.44 bits per heavy atom. The fourth-order valence-electron chi connectivity index (χ4n) is 2.01. The molecule has 1 unspecified atom stereocenters. The van der Waals surface area contributed by atoms with E-state index in [1.165, 1.54) is 7.05 Å². The van der Waals surface area contributed by atoms with Gasteiger partial charge in [-0.25, -0.2) is 0 Å². The maximum atomic E-state index is 11.7. The molecule has 6 nitrogen and oxygen atoms in total. The van der Waals surface area contributed by atoms with E-state index in [0.29, 0.717) is 11.7 Å². The number of hydrogen-bond donors (Lipinski definition) is 1. The molecule has 1 aliphatic heterocycles. The molecule has 1 fully saturated rings. The Labute approximate surface area is 110 Å². The first kappa shape index (κ1) is 13.0. The number of nitrogens with zero attached hydrogens (tertiary/aromatic N) is 3. The van der Waals surface area contributed by atoms with Gasteiger partial charge in [0.15, 0.2) is 0 Å². The van der Waals surface area contributed by atoms with Crippen LogP contribution < -0.4 is 5.32 Å². The minimum absolute atomic E-state index is 0.161. The van der Waals surface area contributed by atoms with E-state index in [1.807, 2.05) is 6.92 Å². The van der Waals surface area contributed by atoms with Crippen LogP contribution in [0.4, 0.5) is 0 Å². The van der Waals surface area contributed by atoms with Crippen LogP contribution in [0.2, 0.25) is 5.15 Å². The Kier molecular flexibility index (Phi) is 3.41.